The smallest absolute Gasteiger partial charge is 0.150 e. The minimum Gasteiger partial charge on any atom is -0.399 e. The Labute approximate surface area is 90.2 Å². The average Bonchev–Trinajstić information content (AvgIpc) is 2.17. The Morgan fingerprint density at radius 1 is 1.20 bits per heavy atom. The molecule has 0 radical (unpaired) electrons. The van der Waals surface area contributed by atoms with Crippen LogP contribution in [0.25, 0.3) is 0 Å². The van der Waals surface area contributed by atoms with Crippen LogP contribution in [0.15, 0.2) is 24.3 Å². The maximum Gasteiger partial charge on any atom is 0.150 e. The molecule has 1 aromatic carbocycles. The molecular weight excluding hydrogens is 210 g/mol. The normalized spacial score (nSPS) is 21.3. The standard InChI is InChI=1S/C11H15NO2S/c12-11-3-1-2-10(8-11)9-4-6-15(13,14)7-5-9/h1-3,8-9H,4-7,12H2. The maximum atomic E-state index is 11.3. The van der Waals surface area contributed by atoms with Crippen LogP contribution in [0.3, 0.4) is 0 Å². The first-order valence-corrected chi connectivity index (χ1v) is 6.95. The number of rotatable bonds is 1. The molecule has 0 amide bonds. The first kappa shape index (κ1) is 10.5. The minimum atomic E-state index is -2.77. The highest BCUT2D eigenvalue weighted by Crippen LogP contribution is 2.29. The summed E-state index contributed by atoms with van der Waals surface area (Å²) in [5.74, 6) is 0.982. The third-order valence-corrected chi connectivity index (χ3v) is 4.65. The molecule has 0 aromatic heterocycles. The van der Waals surface area contributed by atoms with Gasteiger partial charge in [0.2, 0.25) is 0 Å². The highest BCUT2D eigenvalue weighted by Gasteiger charge is 2.24. The van der Waals surface area contributed by atoms with Gasteiger partial charge in [0.05, 0.1) is 11.5 Å². The van der Waals surface area contributed by atoms with Crippen molar-refractivity contribution < 1.29 is 8.42 Å². The summed E-state index contributed by atoms with van der Waals surface area (Å²) in [5.41, 5.74) is 7.62. The van der Waals surface area contributed by atoms with Crippen LogP contribution in [-0.4, -0.2) is 19.9 Å². The molecule has 1 aliphatic heterocycles. The maximum absolute atomic E-state index is 11.3. The SMILES string of the molecule is Nc1cccc(C2CCS(=O)(=O)CC2)c1. The number of sulfone groups is 1. The predicted octanol–water partition coefficient (Wildman–Crippen LogP) is 1.56. The zero-order valence-corrected chi connectivity index (χ0v) is 9.33. The molecule has 0 bridgehead atoms. The second-order valence-corrected chi connectivity index (χ2v) is 6.40. The summed E-state index contributed by atoms with van der Waals surface area (Å²) < 4.78 is 22.5. The van der Waals surface area contributed by atoms with E-state index in [-0.39, 0.29) is 0 Å². The summed E-state index contributed by atoms with van der Waals surface area (Å²) >= 11 is 0. The van der Waals surface area contributed by atoms with E-state index in [1.54, 1.807) is 0 Å². The molecule has 0 unspecified atom stereocenters. The van der Waals surface area contributed by atoms with Crippen LogP contribution < -0.4 is 5.73 Å². The molecule has 82 valence electrons. The molecule has 1 aromatic rings. The van der Waals surface area contributed by atoms with Gasteiger partial charge in [-0.1, -0.05) is 12.1 Å². The van der Waals surface area contributed by atoms with Crippen LogP contribution in [0.1, 0.15) is 24.3 Å². The molecule has 0 aliphatic carbocycles. The molecule has 1 saturated heterocycles. The van der Waals surface area contributed by atoms with Crippen molar-refractivity contribution in [3.05, 3.63) is 29.8 Å². The van der Waals surface area contributed by atoms with E-state index < -0.39 is 9.84 Å². The fourth-order valence-corrected chi connectivity index (χ4v) is 3.53. The Kier molecular flexibility index (Phi) is 2.69. The van der Waals surface area contributed by atoms with E-state index in [9.17, 15) is 8.42 Å². The average molecular weight is 225 g/mol. The van der Waals surface area contributed by atoms with Crippen LogP contribution in [0.4, 0.5) is 5.69 Å². The van der Waals surface area contributed by atoms with Gasteiger partial charge in [-0.05, 0) is 36.5 Å². The van der Waals surface area contributed by atoms with Crippen molar-refractivity contribution in [3.8, 4) is 0 Å². The number of hydrogen-bond acceptors (Lipinski definition) is 3. The zero-order chi connectivity index (χ0) is 10.9. The third-order valence-electron chi connectivity index (χ3n) is 2.94. The first-order valence-electron chi connectivity index (χ1n) is 5.13. The summed E-state index contributed by atoms with van der Waals surface area (Å²) in [5, 5.41) is 0. The largest absolute Gasteiger partial charge is 0.399 e. The Bertz CT molecular complexity index is 439. The van der Waals surface area contributed by atoms with Crippen molar-refractivity contribution >= 4 is 15.5 Å². The van der Waals surface area contributed by atoms with E-state index in [2.05, 4.69) is 0 Å². The predicted molar refractivity (Wildman–Crippen MR) is 61.5 cm³/mol. The number of anilines is 1. The van der Waals surface area contributed by atoms with E-state index in [1.165, 1.54) is 5.56 Å². The Morgan fingerprint density at radius 3 is 2.47 bits per heavy atom. The van der Waals surface area contributed by atoms with Gasteiger partial charge in [-0.25, -0.2) is 8.42 Å². The monoisotopic (exact) mass is 225 g/mol. The van der Waals surface area contributed by atoms with Gasteiger partial charge in [-0.3, -0.25) is 0 Å². The van der Waals surface area contributed by atoms with Crippen molar-refractivity contribution in [2.24, 2.45) is 0 Å². The van der Waals surface area contributed by atoms with Crippen LogP contribution in [0, 0.1) is 0 Å². The lowest BCUT2D eigenvalue weighted by Gasteiger charge is -2.22. The number of hydrogen-bond donors (Lipinski definition) is 1. The first-order chi connectivity index (χ1) is 7.07. The molecule has 1 fully saturated rings. The van der Waals surface area contributed by atoms with Gasteiger partial charge in [0.1, 0.15) is 9.84 Å². The molecule has 0 atom stereocenters. The molecule has 1 heterocycles. The Morgan fingerprint density at radius 2 is 1.87 bits per heavy atom. The van der Waals surface area contributed by atoms with Gasteiger partial charge in [0.25, 0.3) is 0 Å². The Balaban J connectivity index is 2.14. The van der Waals surface area contributed by atoms with Gasteiger partial charge < -0.3 is 5.73 Å². The topological polar surface area (TPSA) is 60.2 Å². The van der Waals surface area contributed by atoms with Gasteiger partial charge in [0, 0.05) is 5.69 Å². The third kappa shape index (κ3) is 2.50. The highest BCUT2D eigenvalue weighted by molar-refractivity contribution is 7.91. The van der Waals surface area contributed by atoms with Crippen LogP contribution in [-0.2, 0) is 9.84 Å². The van der Waals surface area contributed by atoms with Gasteiger partial charge in [-0.15, -0.1) is 0 Å². The van der Waals surface area contributed by atoms with Gasteiger partial charge in [0.15, 0.2) is 0 Å². The minimum absolute atomic E-state index is 0.312. The Hall–Kier alpha value is -1.03. The molecule has 2 rings (SSSR count). The second-order valence-electron chi connectivity index (χ2n) is 4.10. The van der Waals surface area contributed by atoms with Gasteiger partial charge in [-0.2, -0.15) is 0 Å². The lowest BCUT2D eigenvalue weighted by Crippen LogP contribution is -2.22. The summed E-state index contributed by atoms with van der Waals surface area (Å²) in [7, 11) is -2.77. The molecule has 0 saturated carbocycles. The van der Waals surface area contributed by atoms with Crippen molar-refractivity contribution in [2.45, 2.75) is 18.8 Å². The van der Waals surface area contributed by atoms with Crippen LogP contribution in [0.2, 0.25) is 0 Å². The zero-order valence-electron chi connectivity index (χ0n) is 8.52. The summed E-state index contributed by atoms with van der Waals surface area (Å²) in [6, 6.07) is 7.75. The second kappa shape index (κ2) is 3.85. The van der Waals surface area contributed by atoms with Crippen molar-refractivity contribution in [3.63, 3.8) is 0 Å². The summed E-state index contributed by atoms with van der Waals surface area (Å²) in [6.45, 7) is 0. The quantitative estimate of drug-likeness (QED) is 0.738. The molecule has 2 N–H and O–H groups in total. The lowest BCUT2D eigenvalue weighted by molar-refractivity contribution is 0.550. The number of nitrogens with two attached hydrogens (primary N) is 1. The van der Waals surface area contributed by atoms with Crippen molar-refractivity contribution in [1.29, 1.82) is 0 Å². The van der Waals surface area contributed by atoms with Crippen molar-refractivity contribution in [1.82, 2.24) is 0 Å². The lowest BCUT2D eigenvalue weighted by atomic mass is 9.93. The highest BCUT2D eigenvalue weighted by atomic mass is 32.2. The van der Waals surface area contributed by atoms with Crippen LogP contribution >= 0.6 is 0 Å². The van der Waals surface area contributed by atoms with E-state index in [1.807, 2.05) is 24.3 Å². The van der Waals surface area contributed by atoms with Crippen LogP contribution in [0.5, 0.6) is 0 Å². The number of benzene rings is 1. The van der Waals surface area contributed by atoms with E-state index in [4.69, 9.17) is 5.73 Å². The summed E-state index contributed by atoms with van der Waals surface area (Å²) in [6.07, 6.45) is 1.46. The van der Waals surface area contributed by atoms with Gasteiger partial charge >= 0.3 is 0 Å². The molecule has 15 heavy (non-hydrogen) atoms. The summed E-state index contributed by atoms with van der Waals surface area (Å²) in [4.78, 5) is 0. The fraction of sp³-hybridized carbons (Fsp3) is 0.455. The number of nitrogen functional groups attached to an aromatic ring is 1. The molecular formula is C11H15NO2S. The van der Waals surface area contributed by atoms with Crippen molar-refractivity contribution in [2.75, 3.05) is 17.2 Å². The molecule has 4 heteroatoms. The van der Waals surface area contributed by atoms with E-state index in [0.29, 0.717) is 17.4 Å². The van der Waals surface area contributed by atoms with E-state index in [0.717, 1.165) is 18.5 Å². The fourth-order valence-electron chi connectivity index (χ4n) is 2.04. The molecule has 0 spiro atoms. The molecule has 1 aliphatic rings. The van der Waals surface area contributed by atoms with E-state index >= 15 is 0 Å². The molecule has 3 nitrogen and oxygen atoms in total.